The number of ether oxygens (including phenoxy) is 4. The van der Waals surface area contributed by atoms with Crippen LogP contribution in [0.2, 0.25) is 0 Å². The number of rotatable bonds is 17. The molecule has 7 rings (SSSR count). The molecule has 2 atom stereocenters. The van der Waals surface area contributed by atoms with Gasteiger partial charge in [0.1, 0.15) is 44.3 Å². The minimum atomic E-state index is -1.04. The quantitative estimate of drug-likeness (QED) is 0.0888. The van der Waals surface area contributed by atoms with E-state index in [0.29, 0.717) is 36.3 Å². The Hall–Kier alpha value is -7.00. The monoisotopic (exact) mass is 774 g/mol. The third kappa shape index (κ3) is 10.4. The van der Waals surface area contributed by atoms with Gasteiger partial charge in [-0.1, -0.05) is 140 Å². The normalized spacial score (nSPS) is 14.3. The summed E-state index contributed by atoms with van der Waals surface area (Å²) in [7, 11) is 0. The maximum Gasteiger partial charge on any atom is 0.329 e. The van der Waals surface area contributed by atoms with Crippen molar-refractivity contribution in [1.82, 2.24) is 10.2 Å². The van der Waals surface area contributed by atoms with Crippen molar-refractivity contribution < 1.29 is 33.6 Å². The molecule has 6 aromatic rings. The standard InChI is InChI=1S/C49H46N2O7/c1-35-47(57-33-39-18-10-4-11-19-39)50-43(48(53)51(35)44(29-36-22-25-42(52)26-23-36)49(54)58-34-40-20-12-5-13-21-40)28-41-24-27-45(55-31-37-14-6-2-7-15-37)46(30-41)56-32-38-16-8-3-9-17-38/h2-27,30,43-44,50,52H,28-29,31-34H2,1H3/t43-,44-/m0/s1. The first-order valence-corrected chi connectivity index (χ1v) is 19.3. The van der Waals surface area contributed by atoms with E-state index >= 15 is 0 Å². The molecule has 1 aliphatic heterocycles. The van der Waals surface area contributed by atoms with Gasteiger partial charge >= 0.3 is 5.97 Å². The zero-order valence-electron chi connectivity index (χ0n) is 32.3. The van der Waals surface area contributed by atoms with Crippen molar-refractivity contribution in [2.75, 3.05) is 0 Å². The average molecular weight is 775 g/mol. The summed E-state index contributed by atoms with van der Waals surface area (Å²) in [6, 6.07) is 49.4. The largest absolute Gasteiger partial charge is 0.508 e. The Balaban J connectivity index is 1.20. The van der Waals surface area contributed by atoms with Crippen molar-refractivity contribution in [1.29, 1.82) is 0 Å². The topological polar surface area (TPSA) is 107 Å². The van der Waals surface area contributed by atoms with Crippen LogP contribution in [-0.2, 0) is 58.3 Å². The predicted octanol–water partition coefficient (Wildman–Crippen LogP) is 8.65. The molecule has 1 aliphatic rings. The second-order valence-corrected chi connectivity index (χ2v) is 14.1. The van der Waals surface area contributed by atoms with Gasteiger partial charge in [0.2, 0.25) is 5.88 Å². The van der Waals surface area contributed by atoms with Gasteiger partial charge in [0, 0.05) is 12.8 Å². The van der Waals surface area contributed by atoms with Gasteiger partial charge in [0.05, 0.1) is 5.70 Å². The Morgan fingerprint density at radius 1 is 0.603 bits per heavy atom. The van der Waals surface area contributed by atoms with E-state index < -0.39 is 18.1 Å². The Labute approximate surface area is 339 Å². The van der Waals surface area contributed by atoms with E-state index in [0.717, 1.165) is 33.4 Å². The summed E-state index contributed by atoms with van der Waals surface area (Å²) in [4.78, 5) is 30.5. The van der Waals surface area contributed by atoms with Gasteiger partial charge in [-0.15, -0.1) is 0 Å². The molecule has 0 aromatic heterocycles. The lowest BCUT2D eigenvalue weighted by molar-refractivity contribution is -0.156. The predicted molar refractivity (Wildman–Crippen MR) is 221 cm³/mol. The molecule has 0 saturated carbocycles. The molecule has 0 radical (unpaired) electrons. The van der Waals surface area contributed by atoms with Crippen LogP contribution in [0, 0.1) is 0 Å². The van der Waals surface area contributed by atoms with Crippen molar-refractivity contribution in [3.63, 3.8) is 0 Å². The molecule has 294 valence electrons. The first-order chi connectivity index (χ1) is 28.4. The first kappa shape index (κ1) is 39.2. The van der Waals surface area contributed by atoms with Gasteiger partial charge < -0.3 is 29.4 Å². The zero-order valence-corrected chi connectivity index (χ0v) is 32.3. The van der Waals surface area contributed by atoms with E-state index in [4.69, 9.17) is 18.9 Å². The fraction of sp³-hybridized carbons (Fsp3) is 0.184. The van der Waals surface area contributed by atoms with Crippen molar-refractivity contribution in [2.24, 2.45) is 0 Å². The first-order valence-electron chi connectivity index (χ1n) is 19.3. The number of phenols is 1. The molecule has 1 heterocycles. The third-order valence-corrected chi connectivity index (χ3v) is 9.85. The van der Waals surface area contributed by atoms with Gasteiger partial charge in [-0.2, -0.15) is 0 Å². The number of carbonyl (C=O) groups excluding carboxylic acids is 2. The fourth-order valence-electron chi connectivity index (χ4n) is 6.75. The van der Waals surface area contributed by atoms with Crippen molar-refractivity contribution in [3.05, 3.63) is 209 Å². The second-order valence-electron chi connectivity index (χ2n) is 14.1. The molecule has 0 bridgehead atoms. The molecule has 9 heteroatoms. The number of carbonyl (C=O) groups is 2. The van der Waals surface area contributed by atoms with Gasteiger partial charge in [-0.25, -0.2) is 4.79 Å². The minimum Gasteiger partial charge on any atom is -0.508 e. The lowest BCUT2D eigenvalue weighted by Gasteiger charge is -2.39. The number of aromatic hydroxyl groups is 1. The van der Waals surface area contributed by atoms with Crippen LogP contribution in [0.3, 0.4) is 0 Å². The highest BCUT2D eigenvalue weighted by Crippen LogP contribution is 2.32. The SMILES string of the molecule is CC1=C(OCc2ccccc2)N[C@@H](Cc2ccc(OCc3ccccc3)c(OCc3ccccc3)c2)C(=O)N1[C@@H](Cc1ccc(O)cc1)C(=O)OCc1ccccc1. The number of hydrogen-bond donors (Lipinski definition) is 2. The van der Waals surface area contributed by atoms with E-state index in [2.05, 4.69) is 5.32 Å². The number of allylic oxidation sites excluding steroid dienone is 1. The number of esters is 1. The molecule has 0 unspecified atom stereocenters. The van der Waals surface area contributed by atoms with Gasteiger partial charge in [0.15, 0.2) is 11.5 Å². The summed E-state index contributed by atoms with van der Waals surface area (Å²) in [6.07, 6.45) is 0.382. The van der Waals surface area contributed by atoms with Crippen LogP contribution in [0.5, 0.6) is 17.2 Å². The van der Waals surface area contributed by atoms with Crippen LogP contribution in [0.25, 0.3) is 0 Å². The van der Waals surface area contributed by atoms with E-state index in [9.17, 15) is 14.7 Å². The Bertz CT molecular complexity index is 2280. The number of nitrogens with one attached hydrogen (secondary N) is 1. The number of nitrogens with zero attached hydrogens (tertiary/aromatic N) is 1. The summed E-state index contributed by atoms with van der Waals surface area (Å²) < 4.78 is 24.9. The summed E-state index contributed by atoms with van der Waals surface area (Å²) >= 11 is 0. The molecular formula is C49H46N2O7. The summed E-state index contributed by atoms with van der Waals surface area (Å²) in [5, 5.41) is 13.4. The van der Waals surface area contributed by atoms with Crippen LogP contribution in [0.15, 0.2) is 175 Å². The van der Waals surface area contributed by atoms with E-state index in [1.807, 2.05) is 140 Å². The van der Waals surface area contributed by atoms with Gasteiger partial charge in [0.25, 0.3) is 5.91 Å². The smallest absolute Gasteiger partial charge is 0.329 e. The second kappa shape index (κ2) is 19.2. The molecule has 0 fully saturated rings. The molecule has 58 heavy (non-hydrogen) atoms. The van der Waals surface area contributed by atoms with Crippen LogP contribution < -0.4 is 14.8 Å². The number of benzene rings is 6. The Morgan fingerprint density at radius 2 is 1.09 bits per heavy atom. The van der Waals surface area contributed by atoms with E-state index in [-0.39, 0.29) is 37.7 Å². The zero-order chi connectivity index (χ0) is 40.1. The molecule has 2 N–H and O–H groups in total. The Kier molecular flexibility index (Phi) is 13.0. The molecule has 0 spiro atoms. The number of amides is 1. The highest BCUT2D eigenvalue weighted by atomic mass is 16.5. The minimum absolute atomic E-state index is 0.0417. The average Bonchev–Trinajstić information content (AvgIpc) is 3.26. The summed E-state index contributed by atoms with van der Waals surface area (Å²) in [5.74, 6) is 0.709. The maximum absolute atomic E-state index is 14.8. The Morgan fingerprint density at radius 3 is 1.64 bits per heavy atom. The van der Waals surface area contributed by atoms with E-state index in [1.165, 1.54) is 4.90 Å². The van der Waals surface area contributed by atoms with Crippen LogP contribution >= 0.6 is 0 Å². The highest BCUT2D eigenvalue weighted by Gasteiger charge is 2.41. The molecule has 1 amide bonds. The maximum atomic E-state index is 14.8. The molecule has 0 saturated heterocycles. The van der Waals surface area contributed by atoms with Gasteiger partial charge in [-0.3, -0.25) is 9.69 Å². The lowest BCUT2D eigenvalue weighted by atomic mass is 9.98. The van der Waals surface area contributed by atoms with Crippen LogP contribution in [0.4, 0.5) is 0 Å². The molecule has 6 aromatic carbocycles. The van der Waals surface area contributed by atoms with Crippen molar-refractivity contribution in [3.8, 4) is 17.2 Å². The molecule has 9 nitrogen and oxygen atoms in total. The van der Waals surface area contributed by atoms with Gasteiger partial charge in [-0.05, 0) is 64.6 Å². The third-order valence-electron chi connectivity index (χ3n) is 9.85. The fourth-order valence-corrected chi connectivity index (χ4v) is 6.75. The van der Waals surface area contributed by atoms with Crippen molar-refractivity contribution in [2.45, 2.75) is 58.3 Å². The summed E-state index contributed by atoms with van der Waals surface area (Å²) in [6.45, 7) is 2.73. The lowest BCUT2D eigenvalue weighted by Crippen LogP contribution is -2.58. The number of hydrogen-bond acceptors (Lipinski definition) is 8. The van der Waals surface area contributed by atoms with Crippen LogP contribution in [-0.4, -0.2) is 34.0 Å². The van der Waals surface area contributed by atoms with E-state index in [1.54, 1.807) is 31.2 Å². The van der Waals surface area contributed by atoms with Crippen molar-refractivity contribution >= 4 is 11.9 Å². The summed E-state index contributed by atoms with van der Waals surface area (Å²) in [5.41, 5.74) is 5.79. The van der Waals surface area contributed by atoms with Crippen LogP contribution in [0.1, 0.15) is 40.3 Å². The molecule has 0 aliphatic carbocycles. The number of phenolic OH excluding ortho intramolecular Hbond substituents is 1. The molecular weight excluding hydrogens is 729 g/mol. The highest BCUT2D eigenvalue weighted by molar-refractivity contribution is 5.90.